The van der Waals surface area contributed by atoms with Crippen LogP contribution in [0.25, 0.3) is 16.6 Å². The lowest BCUT2D eigenvalue weighted by Crippen LogP contribution is -2.31. The van der Waals surface area contributed by atoms with Crippen molar-refractivity contribution in [1.82, 2.24) is 19.6 Å². The first-order valence-electron chi connectivity index (χ1n) is 10.3. The number of rotatable bonds is 5. The zero-order chi connectivity index (χ0) is 22.1. The number of aryl methyl sites for hydroxylation is 2. The van der Waals surface area contributed by atoms with Crippen molar-refractivity contribution in [2.45, 2.75) is 40.2 Å². The zero-order valence-electron chi connectivity index (χ0n) is 18.1. The lowest BCUT2D eigenvalue weighted by Gasteiger charge is -2.13. The number of fused-ring (bicyclic) bond motifs is 1. The molecule has 0 saturated heterocycles. The number of hydrogen-bond donors (Lipinski definition) is 1. The third-order valence-corrected chi connectivity index (χ3v) is 5.06. The molecule has 0 radical (unpaired) electrons. The van der Waals surface area contributed by atoms with E-state index in [-0.39, 0.29) is 23.9 Å². The van der Waals surface area contributed by atoms with Gasteiger partial charge in [0.15, 0.2) is 0 Å². The molecular weight excluding hydrogens is 390 g/mol. The summed E-state index contributed by atoms with van der Waals surface area (Å²) in [6, 6.07) is 15.3. The Balaban J connectivity index is 1.76. The first-order valence-corrected chi connectivity index (χ1v) is 10.3. The summed E-state index contributed by atoms with van der Waals surface area (Å²) >= 11 is 0. The first-order chi connectivity index (χ1) is 14.8. The highest BCUT2D eigenvalue weighted by atomic mass is 16.2. The number of hydrogen-bond acceptors (Lipinski definition) is 4. The van der Waals surface area contributed by atoms with Gasteiger partial charge in [-0.15, -0.1) is 0 Å². The molecule has 0 aliphatic carbocycles. The van der Waals surface area contributed by atoms with Crippen molar-refractivity contribution in [3.8, 4) is 5.69 Å². The average Bonchev–Trinajstić information content (AvgIpc) is 3.15. The van der Waals surface area contributed by atoms with Crippen molar-refractivity contribution in [2.24, 2.45) is 0 Å². The second kappa shape index (κ2) is 8.18. The molecule has 31 heavy (non-hydrogen) atoms. The van der Waals surface area contributed by atoms with E-state index in [0.717, 1.165) is 22.5 Å². The molecule has 4 aromatic rings. The fourth-order valence-electron chi connectivity index (χ4n) is 3.78. The molecule has 2 aromatic heterocycles. The molecule has 0 saturated carbocycles. The normalized spacial score (nSPS) is 11.3. The smallest absolute Gasteiger partial charge is 0.293 e. The van der Waals surface area contributed by atoms with E-state index in [2.05, 4.69) is 15.5 Å². The van der Waals surface area contributed by atoms with Crippen molar-refractivity contribution in [3.05, 3.63) is 81.9 Å². The maximum atomic E-state index is 13.3. The van der Waals surface area contributed by atoms with Gasteiger partial charge in [0.05, 0.1) is 17.6 Å². The van der Waals surface area contributed by atoms with Crippen molar-refractivity contribution in [2.75, 3.05) is 5.32 Å². The number of carbonyl (C=O) groups is 1. The molecule has 0 bridgehead atoms. The molecular formula is C24H25N5O2. The summed E-state index contributed by atoms with van der Waals surface area (Å²) < 4.78 is 2.85. The van der Waals surface area contributed by atoms with Crippen LogP contribution in [0.2, 0.25) is 0 Å². The number of aromatic nitrogens is 4. The Morgan fingerprint density at radius 1 is 1.06 bits per heavy atom. The van der Waals surface area contributed by atoms with Gasteiger partial charge in [0.25, 0.3) is 5.56 Å². The third kappa shape index (κ3) is 4.12. The van der Waals surface area contributed by atoms with E-state index in [1.165, 1.54) is 4.68 Å². The second-order valence-electron chi connectivity index (χ2n) is 8.08. The van der Waals surface area contributed by atoms with Crippen LogP contribution < -0.4 is 10.9 Å². The van der Waals surface area contributed by atoms with Gasteiger partial charge in [0, 0.05) is 11.1 Å². The summed E-state index contributed by atoms with van der Waals surface area (Å²) in [6.45, 7) is 7.78. The molecule has 0 atom stereocenters. The SMILES string of the molecule is Cc1cc(C)cc(NC(=O)Cn2nc(C(C)C)c3cnn(-c4ccccc4)c3c2=O)c1. The molecule has 2 heterocycles. The molecule has 0 aliphatic rings. The standard InChI is InChI=1S/C24H25N5O2/c1-15(2)22-20-13-25-29(19-8-6-5-7-9-19)23(20)24(31)28(27-22)14-21(30)26-18-11-16(3)10-17(4)12-18/h5-13,15H,14H2,1-4H3,(H,26,30). The van der Waals surface area contributed by atoms with Crippen LogP contribution in [0.3, 0.4) is 0 Å². The van der Waals surface area contributed by atoms with Gasteiger partial charge < -0.3 is 5.32 Å². The van der Waals surface area contributed by atoms with Crippen LogP contribution in [0, 0.1) is 13.8 Å². The molecule has 4 rings (SSSR count). The Bertz CT molecular complexity index is 1300. The molecule has 7 heteroatoms. The van der Waals surface area contributed by atoms with Gasteiger partial charge in [-0.3, -0.25) is 9.59 Å². The van der Waals surface area contributed by atoms with Crippen molar-refractivity contribution in [1.29, 1.82) is 0 Å². The van der Waals surface area contributed by atoms with E-state index in [4.69, 9.17) is 0 Å². The highest BCUT2D eigenvalue weighted by Crippen LogP contribution is 2.23. The minimum Gasteiger partial charge on any atom is -0.324 e. The maximum Gasteiger partial charge on any atom is 0.293 e. The van der Waals surface area contributed by atoms with E-state index in [0.29, 0.717) is 16.6 Å². The maximum absolute atomic E-state index is 13.3. The zero-order valence-corrected chi connectivity index (χ0v) is 18.1. The Labute approximate surface area is 180 Å². The highest BCUT2D eigenvalue weighted by molar-refractivity contribution is 5.91. The number of anilines is 1. The van der Waals surface area contributed by atoms with Crippen LogP contribution in [0.5, 0.6) is 0 Å². The second-order valence-corrected chi connectivity index (χ2v) is 8.08. The monoisotopic (exact) mass is 415 g/mol. The number of carbonyl (C=O) groups excluding carboxylic acids is 1. The number of benzene rings is 2. The van der Waals surface area contributed by atoms with E-state index in [9.17, 15) is 9.59 Å². The lowest BCUT2D eigenvalue weighted by atomic mass is 10.1. The topological polar surface area (TPSA) is 81.8 Å². The fourth-order valence-corrected chi connectivity index (χ4v) is 3.78. The van der Waals surface area contributed by atoms with Gasteiger partial charge in [-0.05, 0) is 55.2 Å². The van der Waals surface area contributed by atoms with Gasteiger partial charge in [0.1, 0.15) is 12.1 Å². The van der Waals surface area contributed by atoms with E-state index < -0.39 is 0 Å². The molecule has 1 N–H and O–H groups in total. The van der Waals surface area contributed by atoms with Crippen LogP contribution in [-0.2, 0) is 11.3 Å². The Morgan fingerprint density at radius 3 is 2.39 bits per heavy atom. The number of para-hydroxylation sites is 1. The molecule has 1 amide bonds. The van der Waals surface area contributed by atoms with Gasteiger partial charge in [0.2, 0.25) is 5.91 Å². The largest absolute Gasteiger partial charge is 0.324 e. The quantitative estimate of drug-likeness (QED) is 0.535. The number of nitrogens with one attached hydrogen (secondary N) is 1. The van der Waals surface area contributed by atoms with Crippen molar-refractivity contribution >= 4 is 22.5 Å². The van der Waals surface area contributed by atoms with Crippen LogP contribution in [0.15, 0.2) is 59.5 Å². The summed E-state index contributed by atoms with van der Waals surface area (Å²) in [5.74, 6) is -0.246. The van der Waals surface area contributed by atoms with Crippen LogP contribution in [0.4, 0.5) is 5.69 Å². The Hall–Kier alpha value is -3.74. The summed E-state index contributed by atoms with van der Waals surface area (Å²) in [6.07, 6.45) is 1.67. The molecule has 0 fully saturated rings. The van der Waals surface area contributed by atoms with Crippen LogP contribution in [-0.4, -0.2) is 25.5 Å². The predicted molar refractivity (Wildman–Crippen MR) is 122 cm³/mol. The van der Waals surface area contributed by atoms with Gasteiger partial charge >= 0.3 is 0 Å². The molecule has 0 unspecified atom stereocenters. The average molecular weight is 415 g/mol. The van der Waals surface area contributed by atoms with E-state index in [1.54, 1.807) is 10.9 Å². The number of nitrogens with zero attached hydrogens (tertiary/aromatic N) is 4. The summed E-state index contributed by atoms with van der Waals surface area (Å²) in [7, 11) is 0. The predicted octanol–water partition coefficient (Wildman–Crippen LogP) is 3.96. The Kier molecular flexibility index (Phi) is 5.42. The van der Waals surface area contributed by atoms with Crippen LogP contribution >= 0.6 is 0 Å². The van der Waals surface area contributed by atoms with Crippen molar-refractivity contribution < 1.29 is 4.79 Å². The molecule has 7 nitrogen and oxygen atoms in total. The molecule has 0 aliphatic heterocycles. The Morgan fingerprint density at radius 2 is 1.74 bits per heavy atom. The highest BCUT2D eigenvalue weighted by Gasteiger charge is 2.20. The van der Waals surface area contributed by atoms with Crippen molar-refractivity contribution in [3.63, 3.8) is 0 Å². The minimum absolute atomic E-state index is 0.0604. The van der Waals surface area contributed by atoms with Gasteiger partial charge in [-0.25, -0.2) is 9.36 Å². The van der Waals surface area contributed by atoms with E-state index >= 15 is 0 Å². The van der Waals surface area contributed by atoms with Gasteiger partial charge in [-0.1, -0.05) is 38.1 Å². The molecule has 158 valence electrons. The number of amides is 1. The fraction of sp³-hybridized carbons (Fsp3) is 0.250. The molecule has 2 aromatic carbocycles. The van der Waals surface area contributed by atoms with Crippen LogP contribution in [0.1, 0.15) is 36.6 Å². The molecule has 0 spiro atoms. The minimum atomic E-state index is -0.351. The summed E-state index contributed by atoms with van der Waals surface area (Å²) in [5, 5.41) is 12.5. The summed E-state index contributed by atoms with van der Waals surface area (Å²) in [5.41, 5.74) is 4.40. The lowest BCUT2D eigenvalue weighted by molar-refractivity contribution is -0.117. The first kappa shape index (κ1) is 20.5. The third-order valence-electron chi connectivity index (χ3n) is 5.06. The van der Waals surface area contributed by atoms with E-state index in [1.807, 2.05) is 76.2 Å². The summed E-state index contributed by atoms with van der Waals surface area (Å²) in [4.78, 5) is 26.0. The van der Waals surface area contributed by atoms with Gasteiger partial charge in [-0.2, -0.15) is 10.2 Å².